The number of benzene rings is 2. The Hall–Kier alpha value is -1.75. The third-order valence-corrected chi connectivity index (χ3v) is 5.48. The molecule has 0 saturated heterocycles. The topological polar surface area (TPSA) is 70.6 Å². The van der Waals surface area contributed by atoms with Gasteiger partial charge in [0, 0.05) is 25.7 Å². The zero-order chi connectivity index (χ0) is 19.0. The molecule has 2 aromatic rings. The molecule has 0 aliphatic carbocycles. The molecule has 0 radical (unpaired) electrons. The van der Waals surface area contributed by atoms with Gasteiger partial charge in [-0.1, -0.05) is 18.2 Å². The number of hydrogen-bond donors (Lipinski definition) is 2. The van der Waals surface area contributed by atoms with Crippen LogP contribution in [0.4, 0.5) is 8.78 Å². The van der Waals surface area contributed by atoms with E-state index in [-0.39, 0.29) is 41.8 Å². The molecule has 9 heteroatoms. The van der Waals surface area contributed by atoms with Crippen LogP contribution in [0.5, 0.6) is 0 Å². The summed E-state index contributed by atoms with van der Waals surface area (Å²) in [5, 5.41) is 5.82. The maximum atomic E-state index is 13.6. The Bertz CT molecular complexity index is 862. The number of halogens is 3. The fourth-order valence-corrected chi connectivity index (χ4v) is 3.62. The smallest absolute Gasteiger partial charge is 0.191 e. The summed E-state index contributed by atoms with van der Waals surface area (Å²) in [6, 6.07) is 11.5. The first-order valence-corrected chi connectivity index (χ1v) is 9.74. The fourth-order valence-electron chi connectivity index (χ4n) is 2.29. The number of guanidine groups is 1. The van der Waals surface area contributed by atoms with Crippen molar-refractivity contribution in [3.05, 3.63) is 65.7 Å². The van der Waals surface area contributed by atoms with Crippen LogP contribution in [0.15, 0.2) is 58.4 Å². The van der Waals surface area contributed by atoms with Gasteiger partial charge in [-0.3, -0.25) is 4.99 Å². The van der Waals surface area contributed by atoms with E-state index in [1.165, 1.54) is 7.05 Å². The van der Waals surface area contributed by atoms with Crippen LogP contribution in [0, 0.1) is 11.6 Å². The summed E-state index contributed by atoms with van der Waals surface area (Å²) in [4.78, 5) is 4.27. The van der Waals surface area contributed by atoms with E-state index in [1.54, 1.807) is 30.3 Å². The summed E-state index contributed by atoms with van der Waals surface area (Å²) in [5.41, 5.74) is 0.180. The predicted octanol–water partition coefficient (Wildman–Crippen LogP) is 3.11. The highest BCUT2D eigenvalue weighted by Crippen LogP contribution is 2.11. The van der Waals surface area contributed by atoms with Crippen molar-refractivity contribution in [3.8, 4) is 0 Å². The van der Waals surface area contributed by atoms with Gasteiger partial charge in [0.05, 0.1) is 10.6 Å². The van der Waals surface area contributed by atoms with E-state index in [4.69, 9.17) is 0 Å². The molecule has 27 heavy (non-hydrogen) atoms. The number of rotatable bonds is 7. The summed E-state index contributed by atoms with van der Waals surface area (Å²) in [5.74, 6) is -0.647. The first-order chi connectivity index (χ1) is 12.4. The van der Waals surface area contributed by atoms with Crippen LogP contribution in [0.3, 0.4) is 0 Å². The van der Waals surface area contributed by atoms with Crippen molar-refractivity contribution in [2.75, 3.05) is 19.3 Å². The Morgan fingerprint density at radius 2 is 1.78 bits per heavy atom. The van der Waals surface area contributed by atoms with Gasteiger partial charge in [0.25, 0.3) is 0 Å². The van der Waals surface area contributed by atoms with Crippen LogP contribution in [-0.2, 0) is 16.4 Å². The van der Waals surface area contributed by atoms with Gasteiger partial charge in [-0.15, -0.1) is 24.0 Å². The van der Waals surface area contributed by atoms with Gasteiger partial charge in [0.1, 0.15) is 11.6 Å². The van der Waals surface area contributed by atoms with E-state index in [9.17, 15) is 17.2 Å². The minimum Gasteiger partial charge on any atom is -0.356 e. The quantitative estimate of drug-likeness (QED) is 0.261. The molecule has 2 N–H and O–H groups in total. The standard InChI is InChI=1S/C18H21F2N3O2S.HI/c1-21-18(23-13-14-12-15(19)8-9-17(14)20)22-10-5-11-26(24,25)16-6-3-2-4-7-16;/h2-4,6-9,12H,5,10-11,13H2,1H3,(H2,21,22,23);1H. The third kappa shape index (κ3) is 7.41. The second-order valence-electron chi connectivity index (χ2n) is 5.57. The number of aliphatic imine (C=N–C) groups is 1. The average Bonchev–Trinajstić information content (AvgIpc) is 2.64. The van der Waals surface area contributed by atoms with Crippen LogP contribution < -0.4 is 10.6 Å². The first-order valence-electron chi connectivity index (χ1n) is 8.08. The van der Waals surface area contributed by atoms with Crippen molar-refractivity contribution < 1.29 is 17.2 Å². The summed E-state index contributed by atoms with van der Waals surface area (Å²) in [7, 11) is -1.78. The zero-order valence-electron chi connectivity index (χ0n) is 14.8. The molecule has 0 unspecified atom stereocenters. The summed E-state index contributed by atoms with van der Waals surface area (Å²) in [6.07, 6.45) is 0.381. The van der Waals surface area contributed by atoms with Crippen LogP contribution in [0.25, 0.3) is 0 Å². The average molecular weight is 509 g/mol. The molecule has 2 aromatic carbocycles. The Morgan fingerprint density at radius 3 is 2.44 bits per heavy atom. The highest BCUT2D eigenvalue weighted by atomic mass is 127. The zero-order valence-corrected chi connectivity index (χ0v) is 17.9. The van der Waals surface area contributed by atoms with Gasteiger partial charge in [0.2, 0.25) is 0 Å². The van der Waals surface area contributed by atoms with Gasteiger partial charge in [-0.25, -0.2) is 17.2 Å². The molecule has 0 atom stereocenters. The molecule has 2 rings (SSSR count). The van der Waals surface area contributed by atoms with E-state index < -0.39 is 21.5 Å². The largest absolute Gasteiger partial charge is 0.356 e. The molecule has 0 saturated carbocycles. The number of hydrogen-bond acceptors (Lipinski definition) is 3. The van der Waals surface area contributed by atoms with E-state index in [1.807, 2.05) is 0 Å². The number of nitrogens with one attached hydrogen (secondary N) is 2. The van der Waals surface area contributed by atoms with Crippen molar-refractivity contribution in [3.63, 3.8) is 0 Å². The van der Waals surface area contributed by atoms with Gasteiger partial charge in [-0.2, -0.15) is 0 Å². The lowest BCUT2D eigenvalue weighted by Gasteiger charge is -2.12. The van der Waals surface area contributed by atoms with E-state index in [2.05, 4.69) is 15.6 Å². The third-order valence-electron chi connectivity index (χ3n) is 3.66. The molecular weight excluding hydrogens is 487 g/mol. The van der Waals surface area contributed by atoms with E-state index in [0.29, 0.717) is 23.8 Å². The lowest BCUT2D eigenvalue weighted by atomic mass is 10.2. The molecule has 148 valence electrons. The second kappa shape index (κ2) is 11.2. The van der Waals surface area contributed by atoms with Gasteiger partial charge in [-0.05, 0) is 36.8 Å². The highest BCUT2D eigenvalue weighted by Gasteiger charge is 2.13. The summed E-state index contributed by atoms with van der Waals surface area (Å²) in [6.45, 7) is 0.433. The first kappa shape index (κ1) is 23.3. The Morgan fingerprint density at radius 1 is 1.07 bits per heavy atom. The second-order valence-corrected chi connectivity index (χ2v) is 7.68. The Labute approximate surface area is 175 Å². The molecular formula is C18H22F2IN3O2S. The molecule has 0 amide bonds. The van der Waals surface area contributed by atoms with Crippen LogP contribution >= 0.6 is 24.0 Å². The lowest BCUT2D eigenvalue weighted by Crippen LogP contribution is -2.38. The molecule has 0 bridgehead atoms. The maximum absolute atomic E-state index is 13.6. The number of sulfone groups is 1. The molecule has 0 heterocycles. The van der Waals surface area contributed by atoms with Crippen molar-refractivity contribution in [2.24, 2.45) is 4.99 Å². The van der Waals surface area contributed by atoms with Crippen LogP contribution in [0.2, 0.25) is 0 Å². The highest BCUT2D eigenvalue weighted by molar-refractivity contribution is 14.0. The SMILES string of the molecule is CN=C(NCCCS(=O)(=O)c1ccccc1)NCc1cc(F)ccc1F.I. The Kier molecular flexibility index (Phi) is 9.64. The molecule has 0 aliphatic rings. The van der Waals surface area contributed by atoms with Crippen LogP contribution in [-0.4, -0.2) is 33.7 Å². The molecule has 0 spiro atoms. The molecule has 0 aromatic heterocycles. The molecule has 0 aliphatic heterocycles. The van der Waals surface area contributed by atoms with Crippen molar-refractivity contribution in [1.82, 2.24) is 10.6 Å². The fraction of sp³-hybridized carbons (Fsp3) is 0.278. The monoisotopic (exact) mass is 509 g/mol. The van der Waals surface area contributed by atoms with Crippen LogP contribution in [0.1, 0.15) is 12.0 Å². The maximum Gasteiger partial charge on any atom is 0.191 e. The lowest BCUT2D eigenvalue weighted by molar-refractivity contribution is 0.580. The van der Waals surface area contributed by atoms with Crippen molar-refractivity contribution in [2.45, 2.75) is 17.9 Å². The van der Waals surface area contributed by atoms with E-state index in [0.717, 1.165) is 18.2 Å². The van der Waals surface area contributed by atoms with E-state index >= 15 is 0 Å². The molecule has 0 fully saturated rings. The van der Waals surface area contributed by atoms with Crippen molar-refractivity contribution >= 4 is 39.8 Å². The van der Waals surface area contributed by atoms with Gasteiger partial charge < -0.3 is 10.6 Å². The summed E-state index contributed by atoms with van der Waals surface area (Å²) >= 11 is 0. The molecule has 5 nitrogen and oxygen atoms in total. The number of nitrogens with zero attached hydrogens (tertiary/aromatic N) is 1. The minimum absolute atomic E-state index is 0. The normalized spacial score (nSPS) is 11.6. The van der Waals surface area contributed by atoms with Gasteiger partial charge in [0.15, 0.2) is 15.8 Å². The van der Waals surface area contributed by atoms with Gasteiger partial charge >= 0.3 is 0 Å². The summed E-state index contributed by atoms with van der Waals surface area (Å²) < 4.78 is 51.1. The van der Waals surface area contributed by atoms with Crippen molar-refractivity contribution in [1.29, 1.82) is 0 Å². The minimum atomic E-state index is -3.32. The Balaban J connectivity index is 0.00000364. The predicted molar refractivity (Wildman–Crippen MR) is 113 cm³/mol.